The van der Waals surface area contributed by atoms with E-state index in [2.05, 4.69) is 9.97 Å². The second kappa shape index (κ2) is 7.30. The summed E-state index contributed by atoms with van der Waals surface area (Å²) >= 11 is 0. The van der Waals surface area contributed by atoms with E-state index in [1.54, 1.807) is 17.0 Å². The van der Waals surface area contributed by atoms with Crippen molar-refractivity contribution in [2.24, 2.45) is 0 Å². The van der Waals surface area contributed by atoms with E-state index >= 15 is 0 Å². The first kappa shape index (κ1) is 16.9. The van der Waals surface area contributed by atoms with Gasteiger partial charge in [-0.05, 0) is 37.1 Å². The molecule has 0 atom stereocenters. The maximum Gasteiger partial charge on any atom is 0.258 e. The Morgan fingerprint density at radius 1 is 1.12 bits per heavy atom. The molecule has 1 heterocycles. The molecule has 0 radical (unpaired) electrons. The molecule has 3 rings (SSSR count). The minimum absolute atomic E-state index is 0.0209. The number of likely N-dealkylation sites (N-methyl/N-ethyl adjacent to an activating group) is 1. The standard InChI is InChI=1S/C20H21N3O2/c1-3-23(19(24)12-15-9-5-4-8-14(15)2)13-18-21-17-11-7-6-10-16(17)20(25)22-18/h4-11H,3,12-13H2,1-2H3,(H,21,22,25). The van der Waals surface area contributed by atoms with Crippen LogP contribution in [0.15, 0.2) is 53.3 Å². The van der Waals surface area contributed by atoms with E-state index in [-0.39, 0.29) is 11.5 Å². The van der Waals surface area contributed by atoms with Crippen molar-refractivity contribution in [3.8, 4) is 0 Å². The quantitative estimate of drug-likeness (QED) is 0.780. The molecular weight excluding hydrogens is 314 g/mol. The van der Waals surface area contributed by atoms with Gasteiger partial charge in [0.25, 0.3) is 5.56 Å². The molecule has 3 aromatic rings. The van der Waals surface area contributed by atoms with E-state index in [1.807, 2.05) is 50.2 Å². The van der Waals surface area contributed by atoms with Crippen LogP contribution in [0.4, 0.5) is 0 Å². The fourth-order valence-electron chi connectivity index (χ4n) is 2.85. The van der Waals surface area contributed by atoms with Crippen LogP contribution in [0.5, 0.6) is 0 Å². The third-order valence-corrected chi connectivity index (χ3v) is 4.34. The van der Waals surface area contributed by atoms with Crippen LogP contribution < -0.4 is 5.56 Å². The molecule has 5 nitrogen and oxygen atoms in total. The zero-order chi connectivity index (χ0) is 17.8. The smallest absolute Gasteiger partial charge is 0.258 e. The van der Waals surface area contributed by atoms with E-state index < -0.39 is 0 Å². The van der Waals surface area contributed by atoms with Gasteiger partial charge in [-0.25, -0.2) is 4.98 Å². The highest BCUT2D eigenvalue weighted by atomic mass is 16.2. The number of aromatic nitrogens is 2. The first-order valence-corrected chi connectivity index (χ1v) is 8.38. The molecule has 0 aliphatic carbocycles. The number of rotatable bonds is 5. The Morgan fingerprint density at radius 2 is 1.84 bits per heavy atom. The highest BCUT2D eigenvalue weighted by molar-refractivity contribution is 5.79. The van der Waals surface area contributed by atoms with Gasteiger partial charge in [0.05, 0.1) is 23.9 Å². The number of carbonyl (C=O) groups is 1. The van der Waals surface area contributed by atoms with Crippen molar-refractivity contribution in [2.45, 2.75) is 26.8 Å². The van der Waals surface area contributed by atoms with Crippen molar-refractivity contribution in [3.63, 3.8) is 0 Å². The second-order valence-corrected chi connectivity index (χ2v) is 6.04. The molecule has 0 bridgehead atoms. The van der Waals surface area contributed by atoms with Crippen LogP contribution >= 0.6 is 0 Å². The summed E-state index contributed by atoms with van der Waals surface area (Å²) in [4.78, 5) is 33.8. The minimum Gasteiger partial charge on any atom is -0.335 e. The molecule has 0 aliphatic heterocycles. The lowest BCUT2D eigenvalue weighted by Gasteiger charge is -2.21. The molecule has 128 valence electrons. The van der Waals surface area contributed by atoms with Crippen molar-refractivity contribution in [2.75, 3.05) is 6.54 Å². The summed E-state index contributed by atoms with van der Waals surface area (Å²) in [5, 5.41) is 0.556. The third kappa shape index (κ3) is 3.76. The summed E-state index contributed by atoms with van der Waals surface area (Å²) in [6.07, 6.45) is 0.346. The Labute approximate surface area is 146 Å². The fraction of sp³-hybridized carbons (Fsp3) is 0.250. The molecule has 5 heteroatoms. The maximum absolute atomic E-state index is 12.7. The van der Waals surface area contributed by atoms with Crippen molar-refractivity contribution in [1.82, 2.24) is 14.9 Å². The molecule has 0 aliphatic rings. The maximum atomic E-state index is 12.7. The Hall–Kier alpha value is -2.95. The number of hydrogen-bond donors (Lipinski definition) is 1. The van der Waals surface area contributed by atoms with E-state index in [0.29, 0.717) is 36.2 Å². The molecule has 0 saturated heterocycles. The number of carbonyl (C=O) groups excluding carboxylic acids is 1. The average molecular weight is 335 g/mol. The van der Waals surface area contributed by atoms with Crippen molar-refractivity contribution in [1.29, 1.82) is 0 Å². The van der Waals surface area contributed by atoms with E-state index in [4.69, 9.17) is 0 Å². The van der Waals surface area contributed by atoms with Crippen LogP contribution in [0.2, 0.25) is 0 Å². The highest BCUT2D eigenvalue weighted by Gasteiger charge is 2.15. The predicted octanol–water partition coefficient (Wildman–Crippen LogP) is 2.82. The van der Waals surface area contributed by atoms with Gasteiger partial charge in [0, 0.05) is 6.54 Å². The van der Waals surface area contributed by atoms with Gasteiger partial charge in [0.1, 0.15) is 5.82 Å². The first-order valence-electron chi connectivity index (χ1n) is 8.38. The Balaban J connectivity index is 1.81. The SMILES string of the molecule is CCN(Cc1nc2ccccc2c(=O)[nH]1)C(=O)Cc1ccccc1C. The van der Waals surface area contributed by atoms with Crippen molar-refractivity contribution in [3.05, 3.63) is 75.8 Å². The molecule has 1 amide bonds. The van der Waals surface area contributed by atoms with E-state index in [9.17, 15) is 9.59 Å². The number of H-pyrrole nitrogens is 1. The van der Waals surface area contributed by atoms with Crippen LogP contribution in [0.3, 0.4) is 0 Å². The number of aromatic amines is 1. The van der Waals surface area contributed by atoms with Crippen LogP contribution in [0.25, 0.3) is 10.9 Å². The number of fused-ring (bicyclic) bond motifs is 1. The number of nitrogens with one attached hydrogen (secondary N) is 1. The Kier molecular flexibility index (Phi) is 4.93. The molecular formula is C20H21N3O2. The molecule has 2 aromatic carbocycles. The van der Waals surface area contributed by atoms with Gasteiger partial charge < -0.3 is 9.88 Å². The summed E-state index contributed by atoms with van der Waals surface area (Å²) in [6, 6.07) is 15.1. The van der Waals surface area contributed by atoms with Gasteiger partial charge in [-0.15, -0.1) is 0 Å². The van der Waals surface area contributed by atoms with E-state index in [0.717, 1.165) is 11.1 Å². The third-order valence-electron chi connectivity index (χ3n) is 4.34. The number of amides is 1. The number of aryl methyl sites for hydroxylation is 1. The van der Waals surface area contributed by atoms with Crippen molar-refractivity contribution >= 4 is 16.8 Å². The molecule has 0 saturated carbocycles. The summed E-state index contributed by atoms with van der Waals surface area (Å²) in [5.41, 5.74) is 2.58. The van der Waals surface area contributed by atoms with Crippen LogP contribution in [-0.2, 0) is 17.8 Å². The van der Waals surface area contributed by atoms with Gasteiger partial charge in [-0.3, -0.25) is 9.59 Å². The lowest BCUT2D eigenvalue weighted by molar-refractivity contribution is -0.131. The minimum atomic E-state index is -0.178. The molecule has 1 N–H and O–H groups in total. The zero-order valence-corrected chi connectivity index (χ0v) is 14.5. The second-order valence-electron chi connectivity index (χ2n) is 6.04. The number of hydrogen-bond acceptors (Lipinski definition) is 3. The van der Waals surface area contributed by atoms with Gasteiger partial charge in [0.15, 0.2) is 0 Å². The first-order chi connectivity index (χ1) is 12.1. The monoisotopic (exact) mass is 335 g/mol. The number of benzene rings is 2. The lowest BCUT2D eigenvalue weighted by Crippen LogP contribution is -2.33. The lowest BCUT2D eigenvalue weighted by atomic mass is 10.1. The summed E-state index contributed by atoms with van der Waals surface area (Å²) in [6.45, 7) is 4.78. The Bertz CT molecular complexity index is 962. The fourth-order valence-corrected chi connectivity index (χ4v) is 2.85. The van der Waals surface area contributed by atoms with E-state index in [1.165, 1.54) is 0 Å². The summed E-state index contributed by atoms with van der Waals surface area (Å²) in [5.74, 6) is 0.524. The van der Waals surface area contributed by atoms with Gasteiger partial charge in [0.2, 0.25) is 5.91 Å². The molecule has 0 spiro atoms. The van der Waals surface area contributed by atoms with Gasteiger partial charge >= 0.3 is 0 Å². The normalized spacial score (nSPS) is 10.8. The predicted molar refractivity (Wildman–Crippen MR) is 98.3 cm³/mol. The molecule has 1 aromatic heterocycles. The summed E-state index contributed by atoms with van der Waals surface area (Å²) in [7, 11) is 0. The number of para-hydroxylation sites is 1. The van der Waals surface area contributed by atoms with Crippen LogP contribution in [-0.4, -0.2) is 27.3 Å². The molecule has 25 heavy (non-hydrogen) atoms. The topological polar surface area (TPSA) is 66.1 Å². The highest BCUT2D eigenvalue weighted by Crippen LogP contribution is 2.11. The van der Waals surface area contributed by atoms with Crippen LogP contribution in [0, 0.1) is 6.92 Å². The zero-order valence-electron chi connectivity index (χ0n) is 14.5. The largest absolute Gasteiger partial charge is 0.335 e. The molecule has 0 unspecified atom stereocenters. The summed E-state index contributed by atoms with van der Waals surface area (Å²) < 4.78 is 0. The van der Waals surface area contributed by atoms with Crippen molar-refractivity contribution < 1.29 is 4.79 Å². The molecule has 0 fully saturated rings. The van der Waals surface area contributed by atoms with Gasteiger partial charge in [-0.2, -0.15) is 0 Å². The van der Waals surface area contributed by atoms with Crippen LogP contribution in [0.1, 0.15) is 23.9 Å². The Morgan fingerprint density at radius 3 is 2.60 bits per heavy atom. The average Bonchev–Trinajstić information content (AvgIpc) is 2.61. The number of nitrogens with zero attached hydrogens (tertiary/aromatic N) is 2. The van der Waals surface area contributed by atoms with Gasteiger partial charge in [-0.1, -0.05) is 36.4 Å².